The van der Waals surface area contributed by atoms with Crippen molar-refractivity contribution in [3.8, 4) is 0 Å². The number of carbonyl (C=O) groups is 1. The fraction of sp³-hybridized carbons (Fsp3) is 0.909. The number of thioether (sulfide) groups is 1. The van der Waals surface area contributed by atoms with Gasteiger partial charge in [-0.3, -0.25) is 4.79 Å². The van der Waals surface area contributed by atoms with Crippen LogP contribution in [0.3, 0.4) is 0 Å². The van der Waals surface area contributed by atoms with Gasteiger partial charge in [0, 0.05) is 11.8 Å². The average molecular weight is 230 g/mol. The van der Waals surface area contributed by atoms with E-state index in [9.17, 15) is 4.79 Å². The molecule has 3 N–H and O–H groups in total. The van der Waals surface area contributed by atoms with Gasteiger partial charge >= 0.3 is 0 Å². The number of rotatable bonds is 3. The number of nitrogens with one attached hydrogen (secondary N) is 1. The lowest BCUT2D eigenvalue weighted by molar-refractivity contribution is -0.124. The van der Waals surface area contributed by atoms with Crippen LogP contribution in [0.1, 0.15) is 33.6 Å². The number of amides is 1. The Morgan fingerprint density at radius 1 is 1.60 bits per heavy atom. The van der Waals surface area contributed by atoms with E-state index in [2.05, 4.69) is 5.32 Å². The molecule has 2 atom stereocenters. The predicted molar refractivity (Wildman–Crippen MR) is 65.9 cm³/mol. The second-order valence-corrected chi connectivity index (χ2v) is 6.63. The van der Waals surface area contributed by atoms with E-state index < -0.39 is 6.04 Å². The minimum Gasteiger partial charge on any atom is -0.354 e. The summed E-state index contributed by atoms with van der Waals surface area (Å²) in [5.41, 5.74) is 5.70. The molecule has 1 unspecified atom stereocenters. The molecule has 1 heterocycles. The van der Waals surface area contributed by atoms with Crippen LogP contribution >= 0.6 is 11.8 Å². The Morgan fingerprint density at radius 3 is 2.73 bits per heavy atom. The number of hydrogen-bond acceptors (Lipinski definition) is 3. The van der Waals surface area contributed by atoms with Crippen LogP contribution in [0.15, 0.2) is 0 Å². The van der Waals surface area contributed by atoms with Gasteiger partial charge < -0.3 is 11.1 Å². The van der Waals surface area contributed by atoms with E-state index in [1.807, 2.05) is 32.5 Å². The molecular weight excluding hydrogens is 208 g/mol. The second kappa shape index (κ2) is 5.21. The van der Waals surface area contributed by atoms with E-state index in [-0.39, 0.29) is 11.3 Å². The van der Waals surface area contributed by atoms with Crippen molar-refractivity contribution >= 4 is 17.7 Å². The van der Waals surface area contributed by atoms with E-state index in [4.69, 9.17) is 5.73 Å². The fourth-order valence-corrected chi connectivity index (χ4v) is 2.72. The van der Waals surface area contributed by atoms with Crippen molar-refractivity contribution in [2.75, 3.05) is 12.3 Å². The fourth-order valence-electron chi connectivity index (χ4n) is 1.52. The lowest BCUT2D eigenvalue weighted by Gasteiger charge is -2.26. The summed E-state index contributed by atoms with van der Waals surface area (Å²) in [6.45, 7) is 6.73. The van der Waals surface area contributed by atoms with E-state index in [1.165, 1.54) is 18.6 Å². The Kier molecular flexibility index (Phi) is 4.46. The normalized spacial score (nSPS) is 23.9. The summed E-state index contributed by atoms with van der Waals surface area (Å²) in [6.07, 6.45) is 2.49. The molecule has 0 radical (unpaired) electrons. The van der Waals surface area contributed by atoms with E-state index in [0.717, 1.165) is 6.54 Å². The molecule has 1 fully saturated rings. The highest BCUT2D eigenvalue weighted by Gasteiger charge is 2.27. The predicted octanol–water partition coefficient (Wildman–Crippen LogP) is 1.37. The molecule has 4 heteroatoms. The van der Waals surface area contributed by atoms with Gasteiger partial charge in [-0.2, -0.15) is 11.8 Å². The van der Waals surface area contributed by atoms with Crippen LogP contribution < -0.4 is 11.1 Å². The first kappa shape index (κ1) is 12.8. The maximum absolute atomic E-state index is 11.7. The first-order valence-electron chi connectivity index (χ1n) is 5.56. The van der Waals surface area contributed by atoms with Gasteiger partial charge in [0.15, 0.2) is 0 Å². The molecule has 1 amide bonds. The monoisotopic (exact) mass is 230 g/mol. The van der Waals surface area contributed by atoms with Crippen molar-refractivity contribution in [1.29, 1.82) is 0 Å². The summed E-state index contributed by atoms with van der Waals surface area (Å²) in [6, 6.07) is -0.413. The number of carbonyl (C=O) groups excluding carboxylic acids is 1. The molecule has 1 saturated heterocycles. The Hall–Kier alpha value is -0.220. The topological polar surface area (TPSA) is 55.1 Å². The highest BCUT2D eigenvalue weighted by molar-refractivity contribution is 8.00. The van der Waals surface area contributed by atoms with Gasteiger partial charge in [-0.25, -0.2) is 0 Å². The highest BCUT2D eigenvalue weighted by Crippen LogP contribution is 2.25. The number of nitrogens with two attached hydrogens (primary N) is 1. The zero-order chi connectivity index (χ0) is 11.5. The van der Waals surface area contributed by atoms with Gasteiger partial charge in [-0.1, -0.05) is 20.8 Å². The zero-order valence-electron chi connectivity index (χ0n) is 9.88. The van der Waals surface area contributed by atoms with Gasteiger partial charge in [0.2, 0.25) is 5.91 Å². The molecule has 15 heavy (non-hydrogen) atoms. The Balaban J connectivity index is 2.29. The quantitative estimate of drug-likeness (QED) is 0.770. The molecule has 88 valence electrons. The number of hydrogen-bond donors (Lipinski definition) is 2. The molecule has 1 aliphatic rings. The van der Waals surface area contributed by atoms with Crippen molar-refractivity contribution in [2.24, 2.45) is 11.1 Å². The van der Waals surface area contributed by atoms with E-state index >= 15 is 0 Å². The van der Waals surface area contributed by atoms with Crippen LogP contribution in [0.5, 0.6) is 0 Å². The smallest absolute Gasteiger partial charge is 0.237 e. The van der Waals surface area contributed by atoms with Gasteiger partial charge in [-0.05, 0) is 24.0 Å². The van der Waals surface area contributed by atoms with Crippen molar-refractivity contribution in [3.05, 3.63) is 0 Å². The van der Waals surface area contributed by atoms with Crippen LogP contribution in [-0.2, 0) is 4.79 Å². The van der Waals surface area contributed by atoms with Crippen molar-refractivity contribution in [3.63, 3.8) is 0 Å². The van der Waals surface area contributed by atoms with Crippen LogP contribution in [0.4, 0.5) is 0 Å². The van der Waals surface area contributed by atoms with Gasteiger partial charge in [-0.15, -0.1) is 0 Å². The molecule has 1 aliphatic heterocycles. The van der Waals surface area contributed by atoms with Crippen molar-refractivity contribution in [1.82, 2.24) is 5.32 Å². The summed E-state index contributed by atoms with van der Waals surface area (Å²) in [7, 11) is 0. The Bertz CT molecular complexity index is 219. The molecular formula is C11H22N2OS. The summed E-state index contributed by atoms with van der Waals surface area (Å²) in [4.78, 5) is 11.7. The van der Waals surface area contributed by atoms with Crippen LogP contribution in [0.2, 0.25) is 0 Å². The molecule has 0 aromatic heterocycles. The minimum absolute atomic E-state index is 0.0185. The molecule has 0 bridgehead atoms. The molecule has 3 nitrogen and oxygen atoms in total. The summed E-state index contributed by atoms with van der Waals surface area (Å²) in [5, 5.41) is 3.54. The van der Waals surface area contributed by atoms with Crippen molar-refractivity contribution < 1.29 is 4.79 Å². The van der Waals surface area contributed by atoms with Crippen LogP contribution in [0, 0.1) is 5.41 Å². The summed E-state index contributed by atoms with van der Waals surface area (Å²) < 4.78 is 0. The summed E-state index contributed by atoms with van der Waals surface area (Å²) in [5.74, 6) is 1.21. The standard InChI is InChI=1S/C11H22N2OS/c1-11(2,3)9(12)10(14)13-7-8-5-4-6-15-8/h8-9H,4-7,12H2,1-3H3,(H,13,14)/t8?,9-/m0/s1. The Morgan fingerprint density at radius 2 is 2.27 bits per heavy atom. The highest BCUT2D eigenvalue weighted by atomic mass is 32.2. The van der Waals surface area contributed by atoms with Gasteiger partial charge in [0.05, 0.1) is 6.04 Å². The molecule has 0 aromatic carbocycles. The van der Waals surface area contributed by atoms with Crippen LogP contribution in [0.25, 0.3) is 0 Å². The molecule has 0 aromatic rings. The average Bonchev–Trinajstić information content (AvgIpc) is 2.63. The van der Waals surface area contributed by atoms with Crippen LogP contribution in [-0.4, -0.2) is 29.5 Å². The maximum Gasteiger partial charge on any atom is 0.237 e. The summed E-state index contributed by atoms with van der Waals surface area (Å²) >= 11 is 1.95. The second-order valence-electron chi connectivity index (χ2n) is 5.22. The Labute approximate surface area is 96.6 Å². The zero-order valence-corrected chi connectivity index (χ0v) is 10.7. The minimum atomic E-state index is -0.413. The molecule has 0 aliphatic carbocycles. The lowest BCUT2D eigenvalue weighted by Crippen LogP contribution is -2.49. The molecule has 0 saturated carbocycles. The molecule has 0 spiro atoms. The third-order valence-corrected chi connectivity index (χ3v) is 4.14. The molecule has 1 rings (SSSR count). The largest absolute Gasteiger partial charge is 0.354 e. The third-order valence-electron chi connectivity index (χ3n) is 2.74. The van der Waals surface area contributed by atoms with E-state index in [0.29, 0.717) is 5.25 Å². The maximum atomic E-state index is 11.7. The van der Waals surface area contributed by atoms with Crippen molar-refractivity contribution in [2.45, 2.75) is 44.9 Å². The van der Waals surface area contributed by atoms with Gasteiger partial charge in [0.25, 0.3) is 0 Å². The first-order valence-corrected chi connectivity index (χ1v) is 6.61. The van der Waals surface area contributed by atoms with E-state index in [1.54, 1.807) is 0 Å². The SMILES string of the molecule is CC(C)(C)[C@@H](N)C(=O)NCC1CCCS1. The third kappa shape index (κ3) is 4.03. The van der Waals surface area contributed by atoms with Gasteiger partial charge in [0.1, 0.15) is 0 Å². The first-order chi connectivity index (χ1) is 6.91. The lowest BCUT2D eigenvalue weighted by atomic mass is 9.87.